The van der Waals surface area contributed by atoms with Crippen molar-refractivity contribution >= 4 is 5.91 Å². The molecule has 130 valence electrons. The Labute approximate surface area is 131 Å². The van der Waals surface area contributed by atoms with Crippen LogP contribution in [0.4, 0.5) is 0 Å². The van der Waals surface area contributed by atoms with Crippen molar-refractivity contribution in [3.63, 3.8) is 0 Å². The first kappa shape index (κ1) is 19.3. The topological polar surface area (TPSA) is 108 Å². The fourth-order valence-electron chi connectivity index (χ4n) is 2.44. The molecule has 1 rings (SSSR count). The van der Waals surface area contributed by atoms with Gasteiger partial charge in [0, 0.05) is 18.9 Å². The van der Waals surface area contributed by atoms with Gasteiger partial charge in [0.2, 0.25) is 5.91 Å². The number of ether oxygens (including phenoxy) is 2. The van der Waals surface area contributed by atoms with E-state index in [1.807, 2.05) is 0 Å². The molecule has 1 aliphatic heterocycles. The van der Waals surface area contributed by atoms with Gasteiger partial charge >= 0.3 is 0 Å². The molecule has 1 heterocycles. The molecule has 1 aliphatic rings. The zero-order valence-corrected chi connectivity index (χ0v) is 13.2. The summed E-state index contributed by atoms with van der Waals surface area (Å²) >= 11 is 0. The first-order valence-corrected chi connectivity index (χ1v) is 8.07. The van der Waals surface area contributed by atoms with Gasteiger partial charge in [0.25, 0.3) is 0 Å². The molecule has 0 aromatic rings. The molecule has 7 nitrogen and oxygen atoms in total. The largest absolute Gasteiger partial charge is 0.396 e. The van der Waals surface area contributed by atoms with Gasteiger partial charge in [-0.15, -0.1) is 0 Å². The Morgan fingerprint density at radius 3 is 2.59 bits per heavy atom. The molecule has 22 heavy (non-hydrogen) atoms. The van der Waals surface area contributed by atoms with Gasteiger partial charge in [0.1, 0.15) is 6.10 Å². The summed E-state index contributed by atoms with van der Waals surface area (Å²) < 4.78 is 10.7. The predicted octanol–water partition coefficient (Wildman–Crippen LogP) is -0.224. The summed E-state index contributed by atoms with van der Waals surface area (Å²) in [6.45, 7) is 2.55. The molecular formula is C15H29NO6. The second kappa shape index (κ2) is 10.9. The normalized spacial score (nSPS) is 28.0. The van der Waals surface area contributed by atoms with E-state index in [-0.39, 0.29) is 25.7 Å². The van der Waals surface area contributed by atoms with E-state index >= 15 is 0 Å². The van der Waals surface area contributed by atoms with Crippen LogP contribution < -0.4 is 5.32 Å². The lowest BCUT2D eigenvalue weighted by Gasteiger charge is -2.16. The molecule has 4 N–H and O–H groups in total. The van der Waals surface area contributed by atoms with E-state index in [4.69, 9.17) is 19.7 Å². The van der Waals surface area contributed by atoms with Crippen molar-refractivity contribution in [2.24, 2.45) is 5.92 Å². The van der Waals surface area contributed by atoms with Gasteiger partial charge in [0.05, 0.1) is 25.9 Å². The Hall–Kier alpha value is -0.730. The Kier molecular flexibility index (Phi) is 9.58. The number of nitrogens with one attached hydrogen (secondary N) is 1. The highest BCUT2D eigenvalue weighted by Gasteiger charge is 2.43. The summed E-state index contributed by atoms with van der Waals surface area (Å²) in [5.41, 5.74) is 0. The van der Waals surface area contributed by atoms with Crippen LogP contribution in [0.25, 0.3) is 0 Å². The van der Waals surface area contributed by atoms with E-state index < -0.39 is 24.4 Å². The van der Waals surface area contributed by atoms with Crippen LogP contribution in [-0.4, -0.2) is 66.1 Å². The number of unbranched alkanes of at least 4 members (excludes halogenated alkanes) is 2. The molecule has 0 spiro atoms. The maximum Gasteiger partial charge on any atom is 0.220 e. The van der Waals surface area contributed by atoms with Crippen LogP contribution in [0.3, 0.4) is 0 Å². The number of carbonyl (C=O) groups excluding carboxylic acids is 1. The van der Waals surface area contributed by atoms with Crippen molar-refractivity contribution < 1.29 is 29.6 Å². The number of carbonyl (C=O) groups is 1. The van der Waals surface area contributed by atoms with Gasteiger partial charge in [-0.05, 0) is 12.8 Å². The van der Waals surface area contributed by atoms with E-state index in [1.54, 1.807) is 0 Å². The third-order valence-corrected chi connectivity index (χ3v) is 3.83. The highest BCUT2D eigenvalue weighted by Crippen LogP contribution is 2.27. The molecule has 0 aliphatic carbocycles. The molecule has 0 radical (unpaired) electrons. The maximum absolute atomic E-state index is 11.5. The lowest BCUT2D eigenvalue weighted by atomic mass is 10.0. The average molecular weight is 319 g/mol. The van der Waals surface area contributed by atoms with Crippen molar-refractivity contribution in [1.82, 2.24) is 5.32 Å². The standard InChI is InChI=1S/C15H29NO6/c1-2-3-4-7-16-13(19)6-5-8-21-15-14(20)11(9-17)12(10-18)22-15/h11-12,14-15,17-18,20H,2-10H2,1H3,(H,16,19)/t11?,12-,14?,15+/m0/s1. The quantitative estimate of drug-likeness (QED) is 0.392. The Bertz CT molecular complexity index is 314. The first-order valence-electron chi connectivity index (χ1n) is 8.07. The van der Waals surface area contributed by atoms with Gasteiger partial charge in [-0.3, -0.25) is 4.79 Å². The smallest absolute Gasteiger partial charge is 0.220 e. The third-order valence-electron chi connectivity index (χ3n) is 3.83. The lowest BCUT2D eigenvalue weighted by Crippen LogP contribution is -2.32. The van der Waals surface area contributed by atoms with E-state index in [1.165, 1.54) is 0 Å². The zero-order chi connectivity index (χ0) is 16.4. The fourth-order valence-corrected chi connectivity index (χ4v) is 2.44. The number of rotatable bonds is 11. The van der Waals surface area contributed by atoms with Crippen molar-refractivity contribution in [1.29, 1.82) is 0 Å². The number of hydrogen-bond donors (Lipinski definition) is 4. The molecule has 0 aromatic carbocycles. The second-order valence-electron chi connectivity index (χ2n) is 5.59. The van der Waals surface area contributed by atoms with Crippen LogP contribution in [0.15, 0.2) is 0 Å². The number of hydrogen-bond acceptors (Lipinski definition) is 6. The average Bonchev–Trinajstić information content (AvgIpc) is 2.83. The van der Waals surface area contributed by atoms with Gasteiger partial charge < -0.3 is 30.1 Å². The minimum atomic E-state index is -0.968. The first-order chi connectivity index (χ1) is 10.6. The Morgan fingerprint density at radius 2 is 2.00 bits per heavy atom. The monoisotopic (exact) mass is 319 g/mol. The SMILES string of the molecule is CCCCCNC(=O)CCCO[C@@H]1O[C@@H](CO)C(CO)C1O. The van der Waals surface area contributed by atoms with Crippen LogP contribution in [0.5, 0.6) is 0 Å². The molecule has 1 saturated heterocycles. The molecule has 0 bridgehead atoms. The summed E-state index contributed by atoms with van der Waals surface area (Å²) in [4.78, 5) is 11.5. The molecule has 0 saturated carbocycles. The van der Waals surface area contributed by atoms with Crippen LogP contribution >= 0.6 is 0 Å². The molecule has 1 fully saturated rings. The lowest BCUT2D eigenvalue weighted by molar-refractivity contribution is -0.170. The molecular weight excluding hydrogens is 290 g/mol. The Morgan fingerprint density at radius 1 is 1.23 bits per heavy atom. The van der Waals surface area contributed by atoms with Crippen molar-refractivity contribution in [2.45, 2.75) is 57.5 Å². The van der Waals surface area contributed by atoms with Gasteiger partial charge in [-0.2, -0.15) is 0 Å². The summed E-state index contributed by atoms with van der Waals surface area (Å²) in [6, 6.07) is 0. The van der Waals surface area contributed by atoms with E-state index in [9.17, 15) is 9.90 Å². The van der Waals surface area contributed by atoms with Crippen molar-refractivity contribution in [2.75, 3.05) is 26.4 Å². The van der Waals surface area contributed by atoms with Gasteiger partial charge in [0.15, 0.2) is 6.29 Å². The fraction of sp³-hybridized carbons (Fsp3) is 0.933. The highest BCUT2D eigenvalue weighted by atomic mass is 16.7. The molecule has 2 unspecified atom stereocenters. The summed E-state index contributed by atoms with van der Waals surface area (Å²) in [5, 5.41) is 31.0. The van der Waals surface area contributed by atoms with E-state index in [0.717, 1.165) is 19.3 Å². The molecule has 0 aromatic heterocycles. The maximum atomic E-state index is 11.5. The predicted molar refractivity (Wildman–Crippen MR) is 80.1 cm³/mol. The summed E-state index contributed by atoms with van der Waals surface area (Å²) in [6.07, 6.45) is 1.67. The van der Waals surface area contributed by atoms with Gasteiger partial charge in [-0.25, -0.2) is 0 Å². The van der Waals surface area contributed by atoms with Crippen LogP contribution in [0, 0.1) is 5.92 Å². The van der Waals surface area contributed by atoms with Crippen LogP contribution in [0.1, 0.15) is 39.0 Å². The number of aliphatic hydroxyl groups is 3. The van der Waals surface area contributed by atoms with E-state index in [2.05, 4.69) is 12.2 Å². The van der Waals surface area contributed by atoms with Gasteiger partial charge in [-0.1, -0.05) is 19.8 Å². The second-order valence-corrected chi connectivity index (χ2v) is 5.59. The molecule has 4 atom stereocenters. The minimum Gasteiger partial charge on any atom is -0.396 e. The zero-order valence-electron chi connectivity index (χ0n) is 13.2. The summed E-state index contributed by atoms with van der Waals surface area (Å²) in [5.74, 6) is -0.550. The molecule has 1 amide bonds. The Balaban J connectivity index is 2.13. The minimum absolute atomic E-state index is 0.00550. The number of amides is 1. The van der Waals surface area contributed by atoms with Crippen molar-refractivity contribution in [3.05, 3.63) is 0 Å². The highest BCUT2D eigenvalue weighted by molar-refractivity contribution is 5.75. The van der Waals surface area contributed by atoms with Crippen LogP contribution in [-0.2, 0) is 14.3 Å². The van der Waals surface area contributed by atoms with E-state index in [0.29, 0.717) is 19.4 Å². The number of aliphatic hydroxyl groups excluding tert-OH is 3. The summed E-state index contributed by atoms with van der Waals surface area (Å²) in [7, 11) is 0. The third kappa shape index (κ3) is 6.18. The molecule has 7 heteroatoms. The van der Waals surface area contributed by atoms with Crippen LogP contribution in [0.2, 0.25) is 0 Å². The van der Waals surface area contributed by atoms with Crippen molar-refractivity contribution in [3.8, 4) is 0 Å².